The molecular weight excluding hydrogens is 398 g/mol. The van der Waals surface area contributed by atoms with E-state index in [1.165, 1.54) is 0 Å². The van der Waals surface area contributed by atoms with E-state index in [4.69, 9.17) is 21.7 Å². The van der Waals surface area contributed by atoms with Gasteiger partial charge in [-0.15, -0.1) is 0 Å². The van der Waals surface area contributed by atoms with Gasteiger partial charge in [-0.05, 0) is 80.9 Å². The van der Waals surface area contributed by atoms with E-state index >= 15 is 0 Å². The van der Waals surface area contributed by atoms with Crippen molar-refractivity contribution in [3.63, 3.8) is 0 Å². The summed E-state index contributed by atoms with van der Waals surface area (Å²) in [5.74, 6) is 1.67. The number of ether oxygens (including phenoxy) is 2. The molecule has 1 saturated heterocycles. The Balaban J connectivity index is 1.59. The van der Waals surface area contributed by atoms with Gasteiger partial charge in [-0.3, -0.25) is 4.79 Å². The van der Waals surface area contributed by atoms with Gasteiger partial charge in [-0.25, -0.2) is 0 Å². The van der Waals surface area contributed by atoms with Crippen molar-refractivity contribution in [3.05, 3.63) is 47.5 Å². The minimum Gasteiger partial charge on any atom is -0.490 e. The second-order valence-electron chi connectivity index (χ2n) is 7.10. The third-order valence-electron chi connectivity index (χ3n) is 4.88. The number of carbonyl (C=O) groups is 1. The minimum atomic E-state index is 0.192. The van der Waals surface area contributed by atoms with Crippen LogP contribution in [0, 0.1) is 6.92 Å². The minimum absolute atomic E-state index is 0.192. The summed E-state index contributed by atoms with van der Waals surface area (Å²) in [6.45, 7) is 8.44. The van der Waals surface area contributed by atoms with E-state index in [-0.39, 0.29) is 5.91 Å². The fraction of sp³-hybridized carbons (Fsp3) is 0.391. The molecule has 0 spiro atoms. The molecule has 0 bridgehead atoms. The summed E-state index contributed by atoms with van der Waals surface area (Å²) < 4.78 is 11.3. The molecule has 2 N–H and O–H groups in total. The van der Waals surface area contributed by atoms with E-state index in [0.29, 0.717) is 31.3 Å². The zero-order chi connectivity index (χ0) is 21.5. The van der Waals surface area contributed by atoms with Gasteiger partial charge in [-0.2, -0.15) is 0 Å². The summed E-state index contributed by atoms with van der Waals surface area (Å²) in [6.07, 6.45) is 1.55. The fourth-order valence-electron chi connectivity index (χ4n) is 3.50. The summed E-state index contributed by atoms with van der Waals surface area (Å²) >= 11 is 5.45. The zero-order valence-corrected chi connectivity index (χ0v) is 18.6. The van der Waals surface area contributed by atoms with Crippen LogP contribution in [0.1, 0.15) is 37.8 Å². The predicted octanol–water partition coefficient (Wildman–Crippen LogP) is 4.41. The molecule has 0 saturated carbocycles. The number of nitrogens with one attached hydrogen (secondary N) is 2. The van der Waals surface area contributed by atoms with Gasteiger partial charge in [0.1, 0.15) is 0 Å². The van der Waals surface area contributed by atoms with Crippen molar-refractivity contribution >= 4 is 34.6 Å². The summed E-state index contributed by atoms with van der Waals surface area (Å²) in [4.78, 5) is 13.9. The lowest BCUT2D eigenvalue weighted by Crippen LogP contribution is -2.28. The lowest BCUT2D eigenvalue weighted by Gasteiger charge is -2.19. The number of nitrogens with zero attached hydrogens (tertiary/aromatic N) is 1. The number of amides is 1. The Bertz CT molecular complexity index is 917. The summed E-state index contributed by atoms with van der Waals surface area (Å²) in [5, 5.41) is 6.97. The third kappa shape index (κ3) is 5.42. The van der Waals surface area contributed by atoms with Crippen molar-refractivity contribution in [1.82, 2.24) is 5.32 Å². The highest BCUT2D eigenvalue weighted by Crippen LogP contribution is 2.29. The molecule has 2 aromatic carbocycles. The van der Waals surface area contributed by atoms with Crippen LogP contribution in [-0.2, 0) is 11.3 Å². The number of hydrogen-bond donors (Lipinski definition) is 2. The van der Waals surface area contributed by atoms with Gasteiger partial charge in [0.15, 0.2) is 16.6 Å². The highest BCUT2D eigenvalue weighted by Gasteiger charge is 2.22. The molecule has 1 aliphatic rings. The molecule has 3 rings (SSSR count). The third-order valence-corrected chi connectivity index (χ3v) is 5.13. The van der Waals surface area contributed by atoms with E-state index in [9.17, 15) is 4.79 Å². The van der Waals surface area contributed by atoms with Gasteiger partial charge in [0.2, 0.25) is 5.91 Å². The van der Waals surface area contributed by atoms with Crippen molar-refractivity contribution < 1.29 is 14.3 Å². The van der Waals surface area contributed by atoms with Crippen LogP contribution >= 0.6 is 12.2 Å². The summed E-state index contributed by atoms with van der Waals surface area (Å²) in [7, 11) is 0. The van der Waals surface area contributed by atoms with Crippen LogP contribution in [-0.4, -0.2) is 30.8 Å². The Morgan fingerprint density at radius 1 is 1.10 bits per heavy atom. The Hall–Kier alpha value is -2.80. The topological polar surface area (TPSA) is 62.8 Å². The molecule has 0 aromatic heterocycles. The van der Waals surface area contributed by atoms with E-state index in [2.05, 4.69) is 10.6 Å². The second kappa shape index (κ2) is 10.3. The smallest absolute Gasteiger partial charge is 0.227 e. The number of carbonyl (C=O) groups excluding carboxylic acids is 1. The number of rotatable bonds is 8. The molecule has 0 unspecified atom stereocenters. The van der Waals surface area contributed by atoms with E-state index in [1.54, 1.807) is 0 Å². The number of hydrogen-bond acceptors (Lipinski definition) is 4. The molecule has 0 aliphatic carbocycles. The van der Waals surface area contributed by atoms with Crippen molar-refractivity contribution in [3.8, 4) is 11.5 Å². The van der Waals surface area contributed by atoms with Gasteiger partial charge in [-0.1, -0.05) is 6.07 Å². The zero-order valence-electron chi connectivity index (χ0n) is 17.8. The van der Waals surface area contributed by atoms with Crippen LogP contribution in [0.15, 0.2) is 36.4 Å². The largest absolute Gasteiger partial charge is 0.490 e. The van der Waals surface area contributed by atoms with E-state index in [1.807, 2.05) is 62.1 Å². The van der Waals surface area contributed by atoms with Crippen LogP contribution < -0.4 is 25.0 Å². The Kier molecular flexibility index (Phi) is 7.52. The normalized spacial score (nSPS) is 13.3. The van der Waals surface area contributed by atoms with E-state index < -0.39 is 0 Å². The molecule has 160 valence electrons. The monoisotopic (exact) mass is 427 g/mol. The predicted molar refractivity (Wildman–Crippen MR) is 125 cm³/mol. The van der Waals surface area contributed by atoms with Crippen LogP contribution in [0.4, 0.5) is 11.4 Å². The summed E-state index contributed by atoms with van der Waals surface area (Å²) in [5.41, 5.74) is 3.96. The molecular formula is C23H29N3O3S. The van der Waals surface area contributed by atoms with Crippen LogP contribution in [0.5, 0.6) is 11.5 Å². The standard InChI is InChI=1S/C23H29N3O3S/c1-4-28-20-11-8-17(14-21(20)29-5-2)15-24-23(30)25-18-9-10-19(16(3)13-18)26-12-6-7-22(26)27/h8-11,13-14H,4-7,12,15H2,1-3H3,(H2,24,25,30). The second-order valence-corrected chi connectivity index (χ2v) is 7.51. The van der Waals surface area contributed by atoms with Crippen molar-refractivity contribution in [2.24, 2.45) is 0 Å². The van der Waals surface area contributed by atoms with Gasteiger partial charge < -0.3 is 25.0 Å². The maximum atomic E-state index is 12.0. The lowest BCUT2D eigenvalue weighted by molar-refractivity contribution is -0.117. The SMILES string of the molecule is CCOc1ccc(CNC(=S)Nc2ccc(N3CCCC3=O)c(C)c2)cc1OCC. The maximum Gasteiger partial charge on any atom is 0.227 e. The van der Waals surface area contributed by atoms with Crippen LogP contribution in [0.3, 0.4) is 0 Å². The van der Waals surface area contributed by atoms with Crippen molar-refractivity contribution in [1.29, 1.82) is 0 Å². The number of benzene rings is 2. The number of anilines is 2. The van der Waals surface area contributed by atoms with Crippen LogP contribution in [0.2, 0.25) is 0 Å². The van der Waals surface area contributed by atoms with Gasteiger partial charge in [0, 0.05) is 30.9 Å². The average Bonchev–Trinajstić information content (AvgIpc) is 3.14. The van der Waals surface area contributed by atoms with E-state index in [0.717, 1.165) is 47.0 Å². The molecule has 1 heterocycles. The fourth-order valence-corrected chi connectivity index (χ4v) is 3.69. The molecule has 1 amide bonds. The Morgan fingerprint density at radius 2 is 1.87 bits per heavy atom. The average molecular weight is 428 g/mol. The molecule has 0 atom stereocenters. The highest BCUT2D eigenvalue weighted by atomic mass is 32.1. The highest BCUT2D eigenvalue weighted by molar-refractivity contribution is 7.80. The quantitative estimate of drug-likeness (QED) is 0.609. The molecule has 6 nitrogen and oxygen atoms in total. The molecule has 2 aromatic rings. The van der Waals surface area contributed by atoms with Crippen LogP contribution in [0.25, 0.3) is 0 Å². The first-order valence-corrected chi connectivity index (χ1v) is 10.8. The molecule has 1 aliphatic heterocycles. The van der Waals surface area contributed by atoms with Gasteiger partial charge >= 0.3 is 0 Å². The Labute approximate surface area is 183 Å². The first-order valence-electron chi connectivity index (χ1n) is 10.4. The molecule has 30 heavy (non-hydrogen) atoms. The van der Waals surface area contributed by atoms with Gasteiger partial charge in [0.25, 0.3) is 0 Å². The first kappa shape index (κ1) is 21.9. The van der Waals surface area contributed by atoms with Gasteiger partial charge in [0.05, 0.1) is 13.2 Å². The van der Waals surface area contributed by atoms with Crippen molar-refractivity contribution in [2.75, 3.05) is 30.0 Å². The Morgan fingerprint density at radius 3 is 2.53 bits per heavy atom. The molecule has 0 radical (unpaired) electrons. The molecule has 7 heteroatoms. The number of thiocarbonyl (C=S) groups is 1. The maximum absolute atomic E-state index is 12.0. The lowest BCUT2D eigenvalue weighted by atomic mass is 10.1. The van der Waals surface area contributed by atoms with Crippen molar-refractivity contribution in [2.45, 2.75) is 40.2 Å². The number of aryl methyl sites for hydroxylation is 1. The molecule has 1 fully saturated rings. The first-order chi connectivity index (χ1) is 14.5. The summed E-state index contributed by atoms with van der Waals surface area (Å²) in [6, 6.07) is 11.8.